The van der Waals surface area contributed by atoms with E-state index in [1.807, 2.05) is 0 Å². The number of rotatable bonds is 8. The maximum Gasteiger partial charge on any atom is 0.0620 e. The second-order valence-corrected chi connectivity index (χ2v) is 40.4. The molecular formula is C129H101N3. The van der Waals surface area contributed by atoms with Gasteiger partial charge in [-0.05, 0) is 343 Å². The quantitative estimate of drug-likeness (QED) is 0.135. The number of nitrogens with zero attached hydrogens (tertiary/aromatic N) is 3. The zero-order chi connectivity index (χ0) is 89.0. The van der Waals surface area contributed by atoms with E-state index in [-0.39, 0.29) is 0 Å². The molecule has 0 saturated carbocycles. The molecule has 0 spiro atoms. The van der Waals surface area contributed by atoms with Crippen LogP contribution in [0.4, 0.5) is 0 Å². The van der Waals surface area contributed by atoms with Gasteiger partial charge < -0.3 is 13.2 Å². The third-order valence-electron chi connectivity index (χ3n) is 30.4. The summed E-state index contributed by atoms with van der Waals surface area (Å²) in [4.78, 5) is 0. The number of aryl methyl sites for hydroxylation is 1. The molecule has 6 aromatic heterocycles. The average molecular weight is 1690 g/mol. The van der Waals surface area contributed by atoms with Crippen molar-refractivity contribution in [2.24, 2.45) is 0 Å². The molecule has 0 fully saturated rings. The Morgan fingerprint density at radius 3 is 0.674 bits per heavy atom. The number of aromatic nitrogens is 3. The Morgan fingerprint density at radius 2 is 0.371 bits per heavy atom. The molecule has 132 heavy (non-hydrogen) atoms. The smallest absolute Gasteiger partial charge is 0.0620 e. The molecule has 6 heterocycles. The van der Waals surface area contributed by atoms with Gasteiger partial charge in [-0.1, -0.05) is 301 Å². The molecule has 0 aliphatic heterocycles. The Hall–Kier alpha value is -14.9. The van der Waals surface area contributed by atoms with Crippen LogP contribution in [0.5, 0.6) is 0 Å². The minimum Gasteiger partial charge on any atom is -0.308 e. The highest BCUT2D eigenvalue weighted by molar-refractivity contribution is 6.32. The zero-order valence-electron chi connectivity index (χ0n) is 77.1. The van der Waals surface area contributed by atoms with Crippen molar-refractivity contribution in [3.05, 3.63) is 379 Å². The van der Waals surface area contributed by atoms with Crippen LogP contribution in [-0.4, -0.2) is 13.2 Å². The highest BCUT2D eigenvalue weighted by atomic mass is 14.9. The molecule has 0 unspecified atom stereocenters. The Labute approximate surface area is 767 Å². The van der Waals surface area contributed by atoms with Crippen LogP contribution in [0, 0.1) is 6.92 Å². The lowest BCUT2D eigenvalue weighted by Crippen LogP contribution is -1.88. The van der Waals surface area contributed by atoms with Crippen LogP contribution in [0.3, 0.4) is 0 Å². The van der Waals surface area contributed by atoms with Crippen LogP contribution < -0.4 is 0 Å². The molecule has 0 N–H and O–H groups in total. The molecule has 28 rings (SSSR count). The highest BCUT2D eigenvalue weighted by Crippen LogP contribution is 2.51. The lowest BCUT2D eigenvalue weighted by Gasteiger charge is -2.12. The van der Waals surface area contributed by atoms with Gasteiger partial charge in [-0.25, -0.2) is 0 Å². The van der Waals surface area contributed by atoms with Crippen LogP contribution in [0.1, 0.15) is 158 Å². The third kappa shape index (κ3) is 11.9. The van der Waals surface area contributed by atoms with Gasteiger partial charge >= 0.3 is 0 Å². The fraction of sp³-hybridized carbons (Fsp3) is 0.147. The maximum absolute atomic E-state index is 2.55. The van der Waals surface area contributed by atoms with Gasteiger partial charge in [0.15, 0.2) is 0 Å². The molecule has 0 aliphatic carbocycles. The van der Waals surface area contributed by atoms with Crippen molar-refractivity contribution < 1.29 is 0 Å². The zero-order valence-corrected chi connectivity index (χ0v) is 77.1. The Kier molecular flexibility index (Phi) is 17.2. The van der Waals surface area contributed by atoms with Gasteiger partial charge in [0.25, 0.3) is 0 Å². The summed E-state index contributed by atoms with van der Waals surface area (Å²) in [5.74, 6) is 3.03. The normalized spacial score (nSPS) is 12.7. The first kappa shape index (κ1) is 78.2. The summed E-state index contributed by atoms with van der Waals surface area (Å²) in [6.45, 7) is 29.5. The van der Waals surface area contributed by atoms with Gasteiger partial charge in [-0.2, -0.15) is 0 Å². The molecular weight excluding hydrogens is 1590 g/mol. The Balaban J connectivity index is 0.000000106. The SMILES string of the molecule is CC(C)c1ccc2cc3c(cc2c1)c1cc(-c2ccc4c(ccc5ccccc54)c2)cc2c4cc5cc(C(C)C)ccc5cc4n3c12.CC(C)c1ccc2cc3c(cc2c1)c1cc(-c2ccc4c5ccccc5c5ccccc5c4c2)cc2c4cc5cc(C(C)C)ccc5cc4n3c12.Cc1cc2c3cc4cc(C(C)C)ccc4cc3n3c4cc5ccc(C(C)C)cc5cc4c(c1)c23. The summed E-state index contributed by atoms with van der Waals surface area (Å²) in [5.41, 5.74) is 26.4. The molecule has 632 valence electrons. The molecule has 0 radical (unpaired) electrons. The van der Waals surface area contributed by atoms with Crippen LogP contribution >= 0.6 is 0 Å². The highest BCUT2D eigenvalue weighted by Gasteiger charge is 2.27. The van der Waals surface area contributed by atoms with Gasteiger partial charge in [0.05, 0.1) is 49.7 Å². The fourth-order valence-corrected chi connectivity index (χ4v) is 23.1. The first-order valence-electron chi connectivity index (χ1n) is 47.9. The summed E-state index contributed by atoms with van der Waals surface area (Å²) in [6, 6.07) is 131. The van der Waals surface area contributed by atoms with Crippen molar-refractivity contribution >= 4 is 233 Å². The fourth-order valence-electron chi connectivity index (χ4n) is 23.1. The molecule has 0 aliphatic rings. The molecule has 3 nitrogen and oxygen atoms in total. The van der Waals surface area contributed by atoms with E-state index < -0.39 is 0 Å². The lowest BCUT2D eigenvalue weighted by atomic mass is 9.91. The number of benzene rings is 22. The number of fused-ring (bicyclic) bond motifs is 33. The topological polar surface area (TPSA) is 13.2 Å². The van der Waals surface area contributed by atoms with Crippen molar-refractivity contribution in [3.8, 4) is 22.3 Å². The number of hydrogen-bond donors (Lipinski definition) is 0. The van der Waals surface area contributed by atoms with Crippen molar-refractivity contribution in [1.82, 2.24) is 13.2 Å². The predicted octanol–water partition coefficient (Wildman–Crippen LogP) is 37.6. The van der Waals surface area contributed by atoms with E-state index in [0.29, 0.717) is 35.5 Å². The van der Waals surface area contributed by atoms with E-state index in [1.54, 1.807) is 0 Å². The van der Waals surface area contributed by atoms with Crippen molar-refractivity contribution in [2.75, 3.05) is 0 Å². The first-order valence-corrected chi connectivity index (χ1v) is 47.9. The van der Waals surface area contributed by atoms with Crippen molar-refractivity contribution in [3.63, 3.8) is 0 Å². The molecule has 0 atom stereocenters. The second kappa shape index (κ2) is 29.1. The van der Waals surface area contributed by atoms with E-state index in [1.165, 1.54) is 294 Å². The second-order valence-electron chi connectivity index (χ2n) is 40.4. The van der Waals surface area contributed by atoms with Crippen molar-refractivity contribution in [2.45, 2.75) is 126 Å². The van der Waals surface area contributed by atoms with Crippen LogP contribution in [0.2, 0.25) is 0 Å². The summed E-state index contributed by atoms with van der Waals surface area (Å²) < 4.78 is 7.60. The van der Waals surface area contributed by atoms with Gasteiger partial charge in [-0.3, -0.25) is 0 Å². The van der Waals surface area contributed by atoms with Crippen LogP contribution in [0.25, 0.3) is 255 Å². The number of hydrogen-bond acceptors (Lipinski definition) is 0. The summed E-state index contributed by atoms with van der Waals surface area (Å²) in [6.07, 6.45) is 0. The molecule has 3 heteroatoms. The van der Waals surface area contributed by atoms with E-state index >= 15 is 0 Å². The molecule has 28 aromatic rings. The minimum absolute atomic E-state index is 0.487. The van der Waals surface area contributed by atoms with E-state index in [9.17, 15) is 0 Å². The maximum atomic E-state index is 2.55. The van der Waals surface area contributed by atoms with E-state index in [2.05, 4.69) is 443 Å². The molecule has 0 amide bonds. The van der Waals surface area contributed by atoms with Crippen LogP contribution in [-0.2, 0) is 0 Å². The molecule has 22 aromatic carbocycles. The third-order valence-corrected chi connectivity index (χ3v) is 30.4. The summed E-state index contributed by atoms with van der Waals surface area (Å²) in [5, 5.41) is 44.7. The standard InChI is InChI=1S/C50H37N.C46H35N.C33H29N/c1-28(2)30-13-15-33-26-48-44(22-35(33)19-30)46-24-37(25-47-45-23-36-20-31(29(3)4)14-16-34(36)27-49(45)51(48)50(46)47)32-17-18-42-40-11-6-5-9-38(40)39-10-7-8-12-41(39)43(42)21-32;1-26(2)29-10-12-32-24-44-40(20-35(32)17-29)42-22-37(31-15-16-39-34(19-31)14-9-28-7-5-6-8-38(28)39)23-43-41-21-36-18-30(27(3)4)11-13-33(36)25-45(41)47(44)46(42)43;1-18(2)21-6-8-23-16-31-27(14-25(23)12-21)29-10-20(5)11-30-28-15-26-13-22(19(3)4)7-9-24(26)17-32(28)34(31)33(29)30/h5-29H,1-4H3;5-27H,1-4H3;6-19H,1-5H3. The monoisotopic (exact) mass is 1690 g/mol. The van der Waals surface area contributed by atoms with Crippen LogP contribution in [0.15, 0.2) is 340 Å². The molecule has 0 bridgehead atoms. The Morgan fingerprint density at radius 1 is 0.144 bits per heavy atom. The predicted molar refractivity (Wildman–Crippen MR) is 576 cm³/mol. The molecule has 0 saturated heterocycles. The summed E-state index contributed by atoms with van der Waals surface area (Å²) in [7, 11) is 0. The van der Waals surface area contributed by atoms with Crippen molar-refractivity contribution in [1.29, 1.82) is 0 Å². The largest absolute Gasteiger partial charge is 0.308 e. The van der Waals surface area contributed by atoms with Gasteiger partial charge in [0.1, 0.15) is 0 Å². The first-order chi connectivity index (χ1) is 64.2. The van der Waals surface area contributed by atoms with E-state index in [4.69, 9.17) is 0 Å². The van der Waals surface area contributed by atoms with Gasteiger partial charge in [-0.15, -0.1) is 0 Å². The minimum atomic E-state index is 0.487. The Bertz CT molecular complexity index is 9380. The lowest BCUT2D eigenvalue weighted by molar-refractivity contribution is 0.869. The average Bonchev–Trinajstić information content (AvgIpc) is 1.54. The van der Waals surface area contributed by atoms with Gasteiger partial charge in [0, 0.05) is 64.6 Å². The van der Waals surface area contributed by atoms with Gasteiger partial charge in [0.2, 0.25) is 0 Å². The summed E-state index contributed by atoms with van der Waals surface area (Å²) >= 11 is 0. The van der Waals surface area contributed by atoms with E-state index in [0.717, 1.165) is 0 Å².